The normalized spacial score (nSPS) is 10.7. The lowest BCUT2D eigenvalue weighted by molar-refractivity contribution is 0.419. The van der Waals surface area contributed by atoms with Crippen molar-refractivity contribution in [3.05, 3.63) is 65.9 Å². The van der Waals surface area contributed by atoms with Crippen molar-refractivity contribution in [3.63, 3.8) is 0 Å². The summed E-state index contributed by atoms with van der Waals surface area (Å²) in [5, 5.41) is 1.03. The molecule has 0 amide bonds. The number of methoxy groups -OCH3 is 1. The molecule has 2 aromatic carbocycles. The van der Waals surface area contributed by atoms with Crippen LogP contribution in [-0.2, 0) is 6.42 Å². The Kier molecular flexibility index (Phi) is 2.77. The van der Waals surface area contributed by atoms with Gasteiger partial charge in [0.1, 0.15) is 17.1 Å². The molecule has 0 radical (unpaired) electrons. The van der Waals surface area contributed by atoms with E-state index in [-0.39, 0.29) is 0 Å². The summed E-state index contributed by atoms with van der Waals surface area (Å²) in [6.45, 7) is 0. The average molecular weight is 238 g/mol. The molecule has 0 aliphatic carbocycles. The lowest BCUT2D eigenvalue weighted by Crippen LogP contribution is -1.83. The number of furan rings is 1. The molecule has 0 unspecified atom stereocenters. The second kappa shape index (κ2) is 4.57. The van der Waals surface area contributed by atoms with E-state index in [1.165, 1.54) is 5.56 Å². The van der Waals surface area contributed by atoms with Crippen LogP contribution in [0.2, 0.25) is 0 Å². The van der Waals surface area contributed by atoms with Crippen LogP contribution in [-0.4, -0.2) is 7.11 Å². The van der Waals surface area contributed by atoms with Gasteiger partial charge in [0.15, 0.2) is 0 Å². The molecule has 0 aliphatic rings. The molecule has 0 N–H and O–H groups in total. The number of hydrogen-bond donors (Lipinski definition) is 0. The van der Waals surface area contributed by atoms with E-state index in [4.69, 9.17) is 9.15 Å². The third-order valence-corrected chi connectivity index (χ3v) is 3.01. The van der Waals surface area contributed by atoms with Crippen LogP contribution in [0.5, 0.6) is 5.75 Å². The van der Waals surface area contributed by atoms with Crippen LogP contribution >= 0.6 is 0 Å². The zero-order valence-electron chi connectivity index (χ0n) is 10.2. The Hall–Kier alpha value is -2.22. The van der Waals surface area contributed by atoms with Crippen LogP contribution in [0.15, 0.2) is 59.0 Å². The molecule has 90 valence electrons. The third-order valence-electron chi connectivity index (χ3n) is 3.01. The highest BCUT2D eigenvalue weighted by Gasteiger charge is 2.08. The Bertz CT molecular complexity index is 653. The molecule has 2 heteroatoms. The minimum atomic E-state index is 0.804. The van der Waals surface area contributed by atoms with Crippen molar-refractivity contribution in [1.82, 2.24) is 0 Å². The summed E-state index contributed by atoms with van der Waals surface area (Å²) in [6, 6.07) is 18.2. The number of benzene rings is 2. The lowest BCUT2D eigenvalue weighted by Gasteiger charge is -1.98. The molecule has 0 saturated carbocycles. The first kappa shape index (κ1) is 10.9. The first-order valence-corrected chi connectivity index (χ1v) is 5.96. The molecular weight excluding hydrogens is 224 g/mol. The Labute approximate surface area is 106 Å². The van der Waals surface area contributed by atoms with Gasteiger partial charge in [0, 0.05) is 6.42 Å². The quantitative estimate of drug-likeness (QED) is 0.687. The minimum Gasteiger partial charge on any atom is -0.496 e. The number of hydrogen-bond acceptors (Lipinski definition) is 2. The van der Waals surface area contributed by atoms with Crippen molar-refractivity contribution in [3.8, 4) is 5.75 Å². The van der Waals surface area contributed by atoms with Crippen molar-refractivity contribution >= 4 is 11.0 Å². The van der Waals surface area contributed by atoms with E-state index in [1.807, 2.05) is 36.4 Å². The van der Waals surface area contributed by atoms with E-state index in [1.54, 1.807) is 7.11 Å². The first-order valence-electron chi connectivity index (χ1n) is 5.96. The van der Waals surface area contributed by atoms with Crippen LogP contribution in [0.25, 0.3) is 11.0 Å². The summed E-state index contributed by atoms with van der Waals surface area (Å²) in [7, 11) is 1.68. The second-order valence-corrected chi connectivity index (χ2v) is 4.25. The van der Waals surface area contributed by atoms with Gasteiger partial charge in [-0.15, -0.1) is 0 Å². The van der Waals surface area contributed by atoms with Gasteiger partial charge < -0.3 is 9.15 Å². The van der Waals surface area contributed by atoms with Crippen LogP contribution in [0.3, 0.4) is 0 Å². The fourth-order valence-electron chi connectivity index (χ4n) is 2.15. The molecule has 0 spiro atoms. The molecule has 0 fully saturated rings. The third kappa shape index (κ3) is 1.97. The fourth-order valence-corrected chi connectivity index (χ4v) is 2.15. The Morgan fingerprint density at radius 3 is 2.61 bits per heavy atom. The van der Waals surface area contributed by atoms with Gasteiger partial charge in [-0.2, -0.15) is 0 Å². The van der Waals surface area contributed by atoms with Crippen LogP contribution in [0, 0.1) is 0 Å². The minimum absolute atomic E-state index is 0.804. The predicted octanol–water partition coefficient (Wildman–Crippen LogP) is 4.03. The van der Waals surface area contributed by atoms with E-state index < -0.39 is 0 Å². The molecule has 0 aliphatic heterocycles. The van der Waals surface area contributed by atoms with Crippen molar-refractivity contribution in [2.24, 2.45) is 0 Å². The predicted molar refractivity (Wildman–Crippen MR) is 72.0 cm³/mol. The molecule has 0 saturated heterocycles. The van der Waals surface area contributed by atoms with Gasteiger partial charge in [0.2, 0.25) is 0 Å². The van der Waals surface area contributed by atoms with Gasteiger partial charge in [0.05, 0.1) is 12.5 Å². The van der Waals surface area contributed by atoms with E-state index >= 15 is 0 Å². The number of rotatable bonds is 3. The maximum absolute atomic E-state index is 5.83. The van der Waals surface area contributed by atoms with Gasteiger partial charge in [-0.3, -0.25) is 0 Å². The zero-order valence-corrected chi connectivity index (χ0v) is 10.2. The molecule has 18 heavy (non-hydrogen) atoms. The molecule has 2 nitrogen and oxygen atoms in total. The SMILES string of the molecule is COc1cccc2oc(Cc3ccccc3)cc12. The topological polar surface area (TPSA) is 22.4 Å². The van der Waals surface area contributed by atoms with E-state index in [0.29, 0.717) is 0 Å². The largest absolute Gasteiger partial charge is 0.496 e. The Morgan fingerprint density at radius 2 is 1.83 bits per heavy atom. The van der Waals surface area contributed by atoms with Crippen LogP contribution in [0.1, 0.15) is 11.3 Å². The Balaban J connectivity index is 1.99. The highest BCUT2D eigenvalue weighted by molar-refractivity contribution is 5.84. The highest BCUT2D eigenvalue weighted by Crippen LogP contribution is 2.29. The van der Waals surface area contributed by atoms with E-state index in [0.717, 1.165) is 28.9 Å². The van der Waals surface area contributed by atoms with Gasteiger partial charge in [-0.1, -0.05) is 36.4 Å². The Morgan fingerprint density at radius 1 is 1.00 bits per heavy atom. The van der Waals surface area contributed by atoms with Crippen LogP contribution in [0.4, 0.5) is 0 Å². The maximum atomic E-state index is 5.83. The smallest absolute Gasteiger partial charge is 0.138 e. The van der Waals surface area contributed by atoms with Gasteiger partial charge in [-0.25, -0.2) is 0 Å². The summed E-state index contributed by atoms with van der Waals surface area (Å²) < 4.78 is 11.2. The molecule has 1 heterocycles. The summed E-state index contributed by atoms with van der Waals surface area (Å²) in [5.41, 5.74) is 2.12. The zero-order chi connectivity index (χ0) is 12.4. The lowest BCUT2D eigenvalue weighted by atomic mass is 10.1. The van der Waals surface area contributed by atoms with Crippen molar-refractivity contribution in [2.45, 2.75) is 6.42 Å². The van der Waals surface area contributed by atoms with E-state index in [2.05, 4.69) is 18.2 Å². The highest BCUT2D eigenvalue weighted by atomic mass is 16.5. The summed E-state index contributed by atoms with van der Waals surface area (Å²) in [6.07, 6.45) is 0.804. The van der Waals surface area contributed by atoms with Gasteiger partial charge in [0.25, 0.3) is 0 Å². The molecule has 0 atom stereocenters. The van der Waals surface area contributed by atoms with E-state index in [9.17, 15) is 0 Å². The van der Waals surface area contributed by atoms with Crippen molar-refractivity contribution in [2.75, 3.05) is 7.11 Å². The monoisotopic (exact) mass is 238 g/mol. The second-order valence-electron chi connectivity index (χ2n) is 4.25. The summed E-state index contributed by atoms with van der Waals surface area (Å²) in [5.74, 6) is 1.82. The maximum Gasteiger partial charge on any atom is 0.138 e. The summed E-state index contributed by atoms with van der Waals surface area (Å²) >= 11 is 0. The molecule has 3 rings (SSSR count). The standard InChI is InChI=1S/C16H14O2/c1-17-15-8-5-9-16-14(15)11-13(18-16)10-12-6-3-2-4-7-12/h2-9,11H,10H2,1H3. The first-order chi connectivity index (χ1) is 8.86. The molecule has 0 bridgehead atoms. The molecule has 3 aromatic rings. The number of ether oxygens (including phenoxy) is 1. The average Bonchev–Trinajstić information content (AvgIpc) is 2.82. The van der Waals surface area contributed by atoms with Gasteiger partial charge in [-0.05, 0) is 23.8 Å². The van der Waals surface area contributed by atoms with Crippen molar-refractivity contribution in [1.29, 1.82) is 0 Å². The fraction of sp³-hybridized carbons (Fsp3) is 0.125. The van der Waals surface area contributed by atoms with Crippen molar-refractivity contribution < 1.29 is 9.15 Å². The number of fused-ring (bicyclic) bond motifs is 1. The molecule has 1 aromatic heterocycles. The summed E-state index contributed by atoms with van der Waals surface area (Å²) in [4.78, 5) is 0. The molecular formula is C16H14O2. The van der Waals surface area contributed by atoms with Crippen LogP contribution < -0.4 is 4.74 Å². The van der Waals surface area contributed by atoms with Gasteiger partial charge >= 0.3 is 0 Å².